The van der Waals surface area contributed by atoms with E-state index in [0.29, 0.717) is 36.8 Å². The third-order valence-electron chi connectivity index (χ3n) is 5.24. The summed E-state index contributed by atoms with van der Waals surface area (Å²) in [6.07, 6.45) is 0. The Morgan fingerprint density at radius 3 is 2.62 bits per heavy atom. The molecule has 0 fully saturated rings. The van der Waals surface area contributed by atoms with Crippen LogP contribution in [-0.2, 0) is 24.9 Å². The molecule has 0 bridgehead atoms. The maximum absolute atomic E-state index is 13.4. The quantitative estimate of drug-likeness (QED) is 0.610. The van der Waals surface area contributed by atoms with Gasteiger partial charge >= 0.3 is 5.69 Å². The monoisotopic (exact) mass is 401 g/mol. The molecule has 0 radical (unpaired) electrons. The molecule has 9 heteroatoms. The van der Waals surface area contributed by atoms with E-state index in [1.807, 2.05) is 16.4 Å². The van der Waals surface area contributed by atoms with Crippen LogP contribution in [0.2, 0.25) is 0 Å². The number of benzene rings is 1. The number of hydrogen-bond acceptors (Lipinski definition) is 5. The fourth-order valence-corrected chi connectivity index (χ4v) is 3.84. The Bertz CT molecular complexity index is 1160. The van der Waals surface area contributed by atoms with Gasteiger partial charge in [-0.05, 0) is 37.1 Å². The van der Waals surface area contributed by atoms with Crippen LogP contribution in [0.1, 0.15) is 13.8 Å². The molecule has 1 aromatic carbocycles. The van der Waals surface area contributed by atoms with E-state index >= 15 is 0 Å². The number of hydrogen-bond donors (Lipinski definition) is 0. The number of rotatable bonds is 5. The fraction of sp³-hybridized carbons (Fsp3) is 0.450. The molecule has 0 amide bonds. The van der Waals surface area contributed by atoms with Crippen LogP contribution in [0, 0.1) is 11.7 Å². The number of ether oxygens (including phenoxy) is 1. The summed E-state index contributed by atoms with van der Waals surface area (Å²) in [6, 6.07) is 6.18. The molecular weight excluding hydrogens is 377 g/mol. The summed E-state index contributed by atoms with van der Waals surface area (Å²) in [4.78, 5) is 32.5. The van der Waals surface area contributed by atoms with Gasteiger partial charge in [0.25, 0.3) is 5.56 Å². The maximum atomic E-state index is 13.4. The molecule has 1 aliphatic heterocycles. The van der Waals surface area contributed by atoms with Crippen LogP contribution in [0.15, 0.2) is 33.9 Å². The summed E-state index contributed by atoms with van der Waals surface area (Å²) in [5, 5.41) is 0. The molecule has 4 rings (SSSR count). The molecule has 29 heavy (non-hydrogen) atoms. The van der Waals surface area contributed by atoms with E-state index in [1.165, 1.54) is 21.3 Å². The van der Waals surface area contributed by atoms with Crippen LogP contribution < -0.4 is 16.1 Å². The van der Waals surface area contributed by atoms with Crippen molar-refractivity contribution in [3.8, 4) is 0 Å². The highest BCUT2D eigenvalue weighted by molar-refractivity contribution is 5.77. The van der Waals surface area contributed by atoms with Crippen molar-refractivity contribution in [3.63, 3.8) is 0 Å². The average Bonchev–Trinajstić information content (AvgIpc) is 3.08. The summed E-state index contributed by atoms with van der Waals surface area (Å²) in [7, 11) is 1.62. The zero-order valence-electron chi connectivity index (χ0n) is 16.8. The van der Waals surface area contributed by atoms with Crippen molar-refractivity contribution in [2.45, 2.75) is 26.9 Å². The van der Waals surface area contributed by atoms with Gasteiger partial charge in [0.1, 0.15) is 5.82 Å². The molecule has 3 aromatic rings. The van der Waals surface area contributed by atoms with E-state index in [-0.39, 0.29) is 30.4 Å². The molecule has 0 aliphatic carbocycles. The van der Waals surface area contributed by atoms with Crippen molar-refractivity contribution >= 4 is 22.8 Å². The summed E-state index contributed by atoms with van der Waals surface area (Å²) >= 11 is 0. The van der Waals surface area contributed by atoms with Gasteiger partial charge in [-0.2, -0.15) is 4.98 Å². The third kappa shape index (κ3) is 3.25. The Kier molecular flexibility index (Phi) is 4.99. The van der Waals surface area contributed by atoms with Crippen LogP contribution in [-0.4, -0.2) is 38.4 Å². The van der Waals surface area contributed by atoms with Crippen molar-refractivity contribution in [1.29, 1.82) is 0 Å². The van der Waals surface area contributed by atoms with E-state index in [2.05, 4.69) is 11.9 Å². The molecule has 3 heterocycles. The maximum Gasteiger partial charge on any atom is 0.332 e. The Morgan fingerprint density at radius 2 is 1.93 bits per heavy atom. The van der Waals surface area contributed by atoms with Crippen LogP contribution in [0.4, 0.5) is 16.0 Å². The molecule has 0 unspecified atom stereocenters. The zero-order chi connectivity index (χ0) is 20.7. The van der Waals surface area contributed by atoms with Crippen molar-refractivity contribution in [2.75, 3.05) is 24.7 Å². The molecule has 2 aromatic heterocycles. The molecule has 8 nitrogen and oxygen atoms in total. The Balaban J connectivity index is 1.91. The van der Waals surface area contributed by atoms with Gasteiger partial charge in [0.15, 0.2) is 11.2 Å². The molecule has 1 atom stereocenters. The third-order valence-corrected chi connectivity index (χ3v) is 5.24. The molecule has 0 saturated carbocycles. The van der Waals surface area contributed by atoms with E-state index in [4.69, 9.17) is 4.74 Å². The molecule has 0 N–H and O–H groups in total. The second kappa shape index (κ2) is 7.47. The first-order valence-electron chi connectivity index (χ1n) is 9.73. The van der Waals surface area contributed by atoms with Crippen molar-refractivity contribution in [2.24, 2.45) is 13.0 Å². The highest BCUT2D eigenvalue weighted by atomic mass is 19.1. The van der Waals surface area contributed by atoms with Gasteiger partial charge in [0.05, 0.1) is 13.2 Å². The van der Waals surface area contributed by atoms with E-state index < -0.39 is 5.69 Å². The van der Waals surface area contributed by atoms with Gasteiger partial charge in [0.2, 0.25) is 5.95 Å². The molecule has 154 valence electrons. The lowest BCUT2D eigenvalue weighted by Crippen LogP contribution is -2.41. The lowest BCUT2D eigenvalue weighted by atomic mass is 10.1. The standard InChI is InChI=1S/C20H24FN5O3/c1-4-29-10-9-24-18(27)16-17(23(3)20(24)28)22-19-25(11-13(2)12-26(16)19)15-7-5-14(21)6-8-15/h5-8,13H,4,9-12H2,1-3H3/t13-/m0/s1. The van der Waals surface area contributed by atoms with Crippen molar-refractivity contribution in [1.82, 2.24) is 18.7 Å². The normalized spacial score (nSPS) is 16.4. The number of nitrogens with zero attached hydrogens (tertiary/aromatic N) is 5. The first-order valence-corrected chi connectivity index (χ1v) is 9.73. The van der Waals surface area contributed by atoms with E-state index in [0.717, 1.165) is 5.69 Å². The minimum atomic E-state index is -0.418. The van der Waals surface area contributed by atoms with E-state index in [9.17, 15) is 14.0 Å². The molecule has 1 aliphatic rings. The predicted molar refractivity (Wildman–Crippen MR) is 108 cm³/mol. The van der Waals surface area contributed by atoms with Gasteiger partial charge in [-0.25, -0.2) is 9.18 Å². The zero-order valence-corrected chi connectivity index (χ0v) is 16.8. The number of anilines is 2. The SMILES string of the molecule is CCOCCn1c(=O)c2c(nc3n2C[C@@H](C)CN3c2ccc(F)cc2)n(C)c1=O. The van der Waals surface area contributed by atoms with Gasteiger partial charge in [0, 0.05) is 32.4 Å². The van der Waals surface area contributed by atoms with Crippen LogP contribution in [0.5, 0.6) is 0 Å². The minimum Gasteiger partial charge on any atom is -0.380 e. The first kappa shape index (κ1) is 19.4. The summed E-state index contributed by atoms with van der Waals surface area (Å²) in [6.45, 7) is 6.24. The number of halogens is 1. The lowest BCUT2D eigenvalue weighted by molar-refractivity contribution is 0.137. The fourth-order valence-electron chi connectivity index (χ4n) is 3.84. The number of fused-ring (bicyclic) bond motifs is 3. The van der Waals surface area contributed by atoms with Crippen molar-refractivity contribution < 1.29 is 9.13 Å². The van der Waals surface area contributed by atoms with Crippen molar-refractivity contribution in [3.05, 3.63) is 50.9 Å². The predicted octanol–water partition coefficient (Wildman–Crippen LogP) is 1.86. The number of imidazole rings is 1. The smallest absolute Gasteiger partial charge is 0.332 e. The van der Waals surface area contributed by atoms with Gasteiger partial charge in [-0.3, -0.25) is 13.9 Å². The average molecular weight is 401 g/mol. The van der Waals surface area contributed by atoms with Gasteiger partial charge in [-0.15, -0.1) is 0 Å². The van der Waals surface area contributed by atoms with Crippen LogP contribution >= 0.6 is 0 Å². The summed E-state index contributed by atoms with van der Waals surface area (Å²) in [5.74, 6) is 0.504. The highest BCUT2D eigenvalue weighted by Crippen LogP contribution is 2.32. The van der Waals surface area contributed by atoms with Gasteiger partial charge in [-0.1, -0.05) is 6.92 Å². The Labute approximate surface area is 166 Å². The Hall–Kier alpha value is -2.94. The number of aromatic nitrogens is 4. The molecule has 0 saturated heterocycles. The second-order valence-corrected chi connectivity index (χ2v) is 7.38. The van der Waals surface area contributed by atoms with Crippen LogP contribution in [0.3, 0.4) is 0 Å². The Morgan fingerprint density at radius 1 is 1.21 bits per heavy atom. The largest absolute Gasteiger partial charge is 0.380 e. The van der Waals surface area contributed by atoms with E-state index in [1.54, 1.807) is 19.2 Å². The lowest BCUT2D eigenvalue weighted by Gasteiger charge is -2.32. The summed E-state index contributed by atoms with van der Waals surface area (Å²) < 4.78 is 23.2. The topological polar surface area (TPSA) is 74.3 Å². The molecule has 0 spiro atoms. The number of aryl methyl sites for hydroxylation is 1. The second-order valence-electron chi connectivity index (χ2n) is 7.38. The van der Waals surface area contributed by atoms with Gasteiger partial charge < -0.3 is 14.2 Å². The highest BCUT2D eigenvalue weighted by Gasteiger charge is 2.29. The summed E-state index contributed by atoms with van der Waals surface area (Å²) in [5.41, 5.74) is 0.756. The first-order chi connectivity index (χ1) is 13.9. The minimum absolute atomic E-state index is 0.188. The van der Waals surface area contributed by atoms with Crippen LogP contribution in [0.25, 0.3) is 11.2 Å². The molecular formula is C20H24FN5O3.